The molecule has 2 aliphatic rings. The molecule has 1 aliphatic heterocycles. The van der Waals surface area contributed by atoms with Crippen molar-refractivity contribution in [1.29, 1.82) is 0 Å². The fourth-order valence-corrected chi connectivity index (χ4v) is 6.77. The number of carbonyl (C=O) groups is 2. The Bertz CT molecular complexity index is 1190. The summed E-state index contributed by atoms with van der Waals surface area (Å²) >= 11 is 0. The molecule has 7 nitrogen and oxygen atoms in total. The van der Waals surface area contributed by atoms with Gasteiger partial charge in [-0.2, -0.15) is 4.31 Å². The maximum Gasteiger partial charge on any atom is 0.247 e. The van der Waals surface area contributed by atoms with Crippen LogP contribution in [0.25, 0.3) is 0 Å². The van der Waals surface area contributed by atoms with Gasteiger partial charge in [0.05, 0.1) is 11.4 Å². The first-order chi connectivity index (χ1) is 16.6. The number of nitrogens with one attached hydrogen (secondary N) is 1. The van der Waals surface area contributed by atoms with Crippen molar-refractivity contribution in [3.05, 3.63) is 59.7 Å². The molecule has 2 aromatic rings. The minimum Gasteiger partial charge on any atom is -0.351 e. The normalized spacial score (nSPS) is 22.6. The molecule has 1 saturated heterocycles. The largest absolute Gasteiger partial charge is 0.351 e. The van der Waals surface area contributed by atoms with Gasteiger partial charge in [0.15, 0.2) is 0 Å². The Balaban J connectivity index is 1.73. The predicted molar refractivity (Wildman–Crippen MR) is 137 cm³/mol. The van der Waals surface area contributed by atoms with Crippen LogP contribution in [0.2, 0.25) is 0 Å². The summed E-state index contributed by atoms with van der Waals surface area (Å²) in [5, 5.41) is 3.18. The van der Waals surface area contributed by atoms with Gasteiger partial charge in [-0.25, -0.2) is 8.42 Å². The predicted octanol–water partition coefficient (Wildman–Crippen LogP) is 3.94. The van der Waals surface area contributed by atoms with Crippen molar-refractivity contribution in [3.63, 3.8) is 0 Å². The zero-order valence-electron chi connectivity index (χ0n) is 20.8. The highest BCUT2D eigenvalue weighted by atomic mass is 32.2. The molecule has 2 aromatic carbocycles. The van der Waals surface area contributed by atoms with Crippen LogP contribution in [-0.4, -0.2) is 49.2 Å². The van der Waals surface area contributed by atoms with E-state index in [1.807, 2.05) is 32.0 Å². The van der Waals surface area contributed by atoms with E-state index >= 15 is 0 Å². The molecular formula is C27H35N3O4S. The number of rotatable bonds is 5. The molecule has 188 valence electrons. The van der Waals surface area contributed by atoms with Crippen molar-refractivity contribution in [3.8, 4) is 0 Å². The first-order valence-electron chi connectivity index (χ1n) is 12.4. The molecule has 0 radical (unpaired) electrons. The molecule has 1 aliphatic carbocycles. The number of piperazine rings is 1. The Hall–Kier alpha value is -2.71. The number of hydrogen-bond donors (Lipinski definition) is 1. The Morgan fingerprint density at radius 3 is 2.29 bits per heavy atom. The van der Waals surface area contributed by atoms with Crippen LogP contribution in [0.15, 0.2) is 53.4 Å². The minimum atomic E-state index is -3.96. The lowest BCUT2D eigenvalue weighted by molar-refractivity contribution is -0.133. The van der Waals surface area contributed by atoms with E-state index in [-0.39, 0.29) is 29.9 Å². The van der Waals surface area contributed by atoms with Crippen LogP contribution in [0.4, 0.5) is 5.69 Å². The van der Waals surface area contributed by atoms with Crippen LogP contribution in [0, 0.1) is 13.8 Å². The molecule has 1 atom stereocenters. The van der Waals surface area contributed by atoms with Gasteiger partial charge < -0.3 is 5.32 Å². The molecule has 4 rings (SSSR count). The van der Waals surface area contributed by atoms with Crippen LogP contribution in [-0.2, 0) is 19.6 Å². The Labute approximate surface area is 208 Å². The van der Waals surface area contributed by atoms with E-state index < -0.39 is 21.5 Å². The number of hydrogen-bond acceptors (Lipinski definition) is 4. The Morgan fingerprint density at radius 1 is 1.00 bits per heavy atom. The summed E-state index contributed by atoms with van der Waals surface area (Å²) in [4.78, 5) is 29.1. The number of benzene rings is 2. The zero-order chi connectivity index (χ0) is 25.2. The number of nitrogens with zero attached hydrogens (tertiary/aromatic N) is 2. The van der Waals surface area contributed by atoms with Crippen LogP contribution < -0.4 is 10.2 Å². The van der Waals surface area contributed by atoms with Gasteiger partial charge >= 0.3 is 0 Å². The fourth-order valence-electron chi connectivity index (χ4n) is 5.27. The average Bonchev–Trinajstić information content (AvgIpc) is 3.09. The first kappa shape index (κ1) is 25.4. The van der Waals surface area contributed by atoms with Crippen LogP contribution >= 0.6 is 0 Å². The van der Waals surface area contributed by atoms with Crippen molar-refractivity contribution >= 4 is 27.5 Å². The molecular weight excluding hydrogens is 462 g/mol. The quantitative estimate of drug-likeness (QED) is 0.634. The Kier molecular flexibility index (Phi) is 7.33. The van der Waals surface area contributed by atoms with E-state index in [0.29, 0.717) is 5.69 Å². The maximum absolute atomic E-state index is 13.9. The molecule has 0 bridgehead atoms. The Morgan fingerprint density at radius 2 is 1.66 bits per heavy atom. The van der Waals surface area contributed by atoms with Crippen molar-refractivity contribution in [2.45, 2.75) is 75.8 Å². The van der Waals surface area contributed by atoms with Crippen molar-refractivity contribution in [1.82, 2.24) is 9.62 Å². The van der Waals surface area contributed by atoms with E-state index in [1.165, 1.54) is 17.0 Å². The highest BCUT2D eigenvalue weighted by Crippen LogP contribution is 2.34. The maximum atomic E-state index is 13.9. The number of aryl methyl sites for hydroxylation is 2. The zero-order valence-corrected chi connectivity index (χ0v) is 21.6. The molecule has 0 aromatic heterocycles. The lowest BCUT2D eigenvalue weighted by Gasteiger charge is -2.47. The monoisotopic (exact) mass is 497 g/mol. The van der Waals surface area contributed by atoms with E-state index in [2.05, 4.69) is 5.32 Å². The topological polar surface area (TPSA) is 86.8 Å². The van der Waals surface area contributed by atoms with Crippen molar-refractivity contribution in [2.75, 3.05) is 18.0 Å². The van der Waals surface area contributed by atoms with Crippen LogP contribution in [0.1, 0.15) is 56.6 Å². The van der Waals surface area contributed by atoms with E-state index in [4.69, 9.17) is 0 Å². The summed E-state index contributed by atoms with van der Waals surface area (Å²) in [6.45, 7) is 5.12. The summed E-state index contributed by atoms with van der Waals surface area (Å²) < 4.78 is 28.1. The molecule has 0 unspecified atom stereocenters. The highest BCUT2D eigenvalue weighted by molar-refractivity contribution is 7.89. The number of sulfonamides is 1. The summed E-state index contributed by atoms with van der Waals surface area (Å²) in [6, 6.07) is 13.8. The second-order valence-electron chi connectivity index (χ2n) is 10.0. The number of amides is 2. The molecule has 2 fully saturated rings. The molecule has 1 heterocycles. The van der Waals surface area contributed by atoms with Crippen molar-refractivity contribution < 1.29 is 18.0 Å². The van der Waals surface area contributed by atoms with Gasteiger partial charge in [0.2, 0.25) is 21.8 Å². The standard InChI is InChI=1S/C27H35N3O4S/c1-20-15-16-24(21(2)17-20)30-25(31)18-29(35(33,34)23-13-9-6-10-14-23)19-27(30,3)26(32)28-22-11-7-4-5-8-12-22/h6,9-10,13-17,22H,4-5,7-8,11-12,18-19H2,1-3H3,(H,28,32)/t27-/m1/s1. The molecule has 0 spiro atoms. The van der Waals surface area contributed by atoms with E-state index in [9.17, 15) is 18.0 Å². The highest BCUT2D eigenvalue weighted by Gasteiger charge is 2.51. The van der Waals surface area contributed by atoms with Crippen LogP contribution in [0.3, 0.4) is 0 Å². The molecule has 2 amide bonds. The van der Waals surface area contributed by atoms with Gasteiger partial charge in [0.1, 0.15) is 5.54 Å². The summed E-state index contributed by atoms with van der Waals surface area (Å²) in [5.74, 6) is -0.730. The first-order valence-corrected chi connectivity index (χ1v) is 13.8. The van der Waals surface area contributed by atoms with Gasteiger partial charge in [0, 0.05) is 18.3 Å². The number of anilines is 1. The third-order valence-corrected chi connectivity index (χ3v) is 9.00. The molecule has 1 N–H and O–H groups in total. The minimum absolute atomic E-state index is 0.0269. The van der Waals surface area contributed by atoms with Gasteiger partial charge in [-0.3, -0.25) is 14.5 Å². The number of carbonyl (C=O) groups excluding carboxylic acids is 2. The van der Waals surface area contributed by atoms with Crippen molar-refractivity contribution in [2.24, 2.45) is 0 Å². The molecule has 1 saturated carbocycles. The van der Waals surface area contributed by atoms with Gasteiger partial charge in [-0.15, -0.1) is 0 Å². The average molecular weight is 498 g/mol. The third-order valence-electron chi connectivity index (χ3n) is 7.19. The molecule has 8 heteroatoms. The van der Waals surface area contributed by atoms with E-state index in [1.54, 1.807) is 25.1 Å². The van der Waals surface area contributed by atoms with Gasteiger partial charge in [0.25, 0.3) is 0 Å². The van der Waals surface area contributed by atoms with Gasteiger partial charge in [-0.1, -0.05) is 61.6 Å². The van der Waals surface area contributed by atoms with Gasteiger partial charge in [-0.05, 0) is 57.4 Å². The SMILES string of the molecule is Cc1ccc(N2C(=O)CN(S(=O)(=O)c3ccccc3)C[C@]2(C)C(=O)NC2CCCCCC2)c(C)c1. The summed E-state index contributed by atoms with van der Waals surface area (Å²) in [7, 11) is -3.96. The second-order valence-corrected chi connectivity index (χ2v) is 12.0. The van der Waals surface area contributed by atoms with E-state index in [0.717, 1.165) is 54.0 Å². The smallest absolute Gasteiger partial charge is 0.247 e. The van der Waals surface area contributed by atoms with Crippen LogP contribution in [0.5, 0.6) is 0 Å². The lowest BCUT2D eigenvalue weighted by atomic mass is 9.92. The summed E-state index contributed by atoms with van der Waals surface area (Å²) in [5.41, 5.74) is 1.15. The third kappa shape index (κ3) is 5.14. The second kappa shape index (κ2) is 10.1. The molecule has 35 heavy (non-hydrogen) atoms. The lowest BCUT2D eigenvalue weighted by Crippen LogP contribution is -2.70. The summed E-state index contributed by atoms with van der Waals surface area (Å²) in [6.07, 6.45) is 6.20. The fraction of sp³-hybridized carbons (Fsp3) is 0.481.